The maximum atomic E-state index is 12.6. The average Bonchev–Trinajstić information content (AvgIpc) is 3.36. The zero-order valence-corrected chi connectivity index (χ0v) is 17.5. The molecule has 164 valence electrons. The van der Waals surface area contributed by atoms with Crippen LogP contribution in [-0.2, 0) is 28.9 Å². The number of imide groups is 1. The second kappa shape index (κ2) is 9.86. The maximum absolute atomic E-state index is 12.6. The van der Waals surface area contributed by atoms with E-state index < -0.39 is 23.9 Å². The molecule has 1 aromatic heterocycles. The minimum atomic E-state index is -0.894. The van der Waals surface area contributed by atoms with Crippen LogP contribution in [0.2, 0.25) is 0 Å². The molecular weight excluding hydrogens is 408 g/mol. The predicted octanol–water partition coefficient (Wildman–Crippen LogP) is 2.08. The lowest BCUT2D eigenvalue weighted by molar-refractivity contribution is -0.129. The maximum Gasteiger partial charge on any atom is 0.324 e. The van der Waals surface area contributed by atoms with Crippen molar-refractivity contribution in [1.29, 1.82) is 0 Å². The van der Waals surface area contributed by atoms with E-state index in [4.69, 9.17) is 0 Å². The molecule has 0 radical (unpaired) electrons. The largest absolute Gasteiger partial charge is 0.325 e. The summed E-state index contributed by atoms with van der Waals surface area (Å²) in [6, 6.07) is 18.2. The highest BCUT2D eigenvalue weighted by molar-refractivity contribution is 6.06. The van der Waals surface area contributed by atoms with E-state index in [2.05, 4.69) is 25.8 Å². The molecule has 0 spiro atoms. The van der Waals surface area contributed by atoms with Crippen molar-refractivity contribution in [1.82, 2.24) is 25.4 Å². The standard InChI is InChI=1S/C23H24N6O3/c30-20(26-22-25-19(27-28-22)12-11-16-7-3-1-4-8-16)15-18-21(31)29(23(32)24-18)14-13-17-9-5-2-6-10-17/h1-10,18H,11-15H2,(H,24,32)(H2,25,26,27,28,30)/t18-/m1/s1. The fourth-order valence-corrected chi connectivity index (χ4v) is 3.54. The van der Waals surface area contributed by atoms with Crippen LogP contribution in [0.1, 0.15) is 23.4 Å². The Bertz CT molecular complexity index is 1080. The topological polar surface area (TPSA) is 120 Å². The summed E-state index contributed by atoms with van der Waals surface area (Å²) < 4.78 is 0. The molecule has 0 unspecified atom stereocenters. The van der Waals surface area contributed by atoms with E-state index in [1.807, 2.05) is 60.7 Å². The first-order valence-electron chi connectivity index (χ1n) is 10.5. The number of hydrogen-bond donors (Lipinski definition) is 3. The predicted molar refractivity (Wildman–Crippen MR) is 118 cm³/mol. The van der Waals surface area contributed by atoms with Gasteiger partial charge in [0, 0.05) is 13.0 Å². The number of rotatable bonds is 9. The van der Waals surface area contributed by atoms with Crippen LogP contribution < -0.4 is 10.6 Å². The van der Waals surface area contributed by atoms with E-state index in [-0.39, 0.29) is 18.9 Å². The Morgan fingerprint density at radius 1 is 0.938 bits per heavy atom. The van der Waals surface area contributed by atoms with E-state index in [9.17, 15) is 14.4 Å². The van der Waals surface area contributed by atoms with Crippen LogP contribution >= 0.6 is 0 Å². The first kappa shape index (κ1) is 21.2. The molecule has 3 aromatic rings. The number of benzene rings is 2. The summed E-state index contributed by atoms with van der Waals surface area (Å²) in [6.07, 6.45) is 1.83. The molecule has 1 aliphatic rings. The number of nitrogens with zero attached hydrogens (tertiary/aromatic N) is 3. The lowest BCUT2D eigenvalue weighted by Crippen LogP contribution is -2.35. The molecule has 1 atom stereocenters. The van der Waals surface area contributed by atoms with E-state index in [1.54, 1.807) is 0 Å². The van der Waals surface area contributed by atoms with Gasteiger partial charge in [-0.05, 0) is 24.0 Å². The number of urea groups is 1. The van der Waals surface area contributed by atoms with Gasteiger partial charge in [0.05, 0.1) is 6.42 Å². The van der Waals surface area contributed by atoms with Crippen LogP contribution in [0.15, 0.2) is 60.7 Å². The van der Waals surface area contributed by atoms with Crippen molar-refractivity contribution >= 4 is 23.8 Å². The van der Waals surface area contributed by atoms with Crippen molar-refractivity contribution in [3.05, 3.63) is 77.6 Å². The van der Waals surface area contributed by atoms with Gasteiger partial charge in [0.15, 0.2) is 0 Å². The van der Waals surface area contributed by atoms with Crippen molar-refractivity contribution < 1.29 is 14.4 Å². The number of aromatic amines is 1. The Labute approximate surface area is 185 Å². The van der Waals surface area contributed by atoms with Gasteiger partial charge in [-0.2, -0.15) is 4.98 Å². The number of anilines is 1. The summed E-state index contributed by atoms with van der Waals surface area (Å²) in [6.45, 7) is 0.262. The second-order valence-electron chi connectivity index (χ2n) is 7.57. The highest BCUT2D eigenvalue weighted by atomic mass is 16.2. The van der Waals surface area contributed by atoms with Gasteiger partial charge in [-0.25, -0.2) is 4.79 Å². The van der Waals surface area contributed by atoms with Gasteiger partial charge in [-0.1, -0.05) is 60.7 Å². The number of hydrogen-bond acceptors (Lipinski definition) is 5. The zero-order chi connectivity index (χ0) is 22.3. The molecule has 0 aliphatic carbocycles. The van der Waals surface area contributed by atoms with Crippen LogP contribution in [-0.4, -0.2) is 50.5 Å². The molecule has 9 nitrogen and oxygen atoms in total. The summed E-state index contributed by atoms with van der Waals surface area (Å²) in [5.74, 6) is -0.0426. The molecule has 3 N–H and O–H groups in total. The van der Waals surface area contributed by atoms with Crippen molar-refractivity contribution in [2.75, 3.05) is 11.9 Å². The summed E-state index contributed by atoms with van der Waals surface area (Å²) in [4.78, 5) is 42.5. The molecule has 4 rings (SSSR count). The molecule has 32 heavy (non-hydrogen) atoms. The molecule has 0 bridgehead atoms. The number of aryl methyl sites for hydroxylation is 2. The third-order valence-electron chi connectivity index (χ3n) is 5.24. The van der Waals surface area contributed by atoms with Crippen molar-refractivity contribution in [2.24, 2.45) is 0 Å². The van der Waals surface area contributed by atoms with Crippen molar-refractivity contribution in [2.45, 2.75) is 31.7 Å². The first-order valence-corrected chi connectivity index (χ1v) is 10.5. The second-order valence-corrected chi connectivity index (χ2v) is 7.57. The first-order chi connectivity index (χ1) is 15.6. The molecule has 1 saturated heterocycles. The average molecular weight is 432 g/mol. The SMILES string of the molecule is O=C(C[C@H]1NC(=O)N(CCc2ccccc2)C1=O)Nc1n[nH]c(CCc2ccccc2)n1. The fraction of sp³-hybridized carbons (Fsp3) is 0.261. The Morgan fingerprint density at radius 3 is 2.28 bits per heavy atom. The Hall–Kier alpha value is -4.01. The van der Waals surface area contributed by atoms with Crippen molar-refractivity contribution in [3.8, 4) is 0 Å². The lowest BCUT2D eigenvalue weighted by atomic mass is 10.1. The molecule has 0 saturated carbocycles. The van der Waals surface area contributed by atoms with Gasteiger partial charge < -0.3 is 5.32 Å². The van der Waals surface area contributed by atoms with Crippen molar-refractivity contribution in [3.63, 3.8) is 0 Å². The number of nitrogens with one attached hydrogen (secondary N) is 3. The van der Waals surface area contributed by atoms with Gasteiger partial charge in [0.25, 0.3) is 5.91 Å². The quantitative estimate of drug-likeness (QED) is 0.447. The van der Waals surface area contributed by atoms with Crippen LogP contribution in [0, 0.1) is 0 Å². The molecule has 2 heterocycles. The Morgan fingerprint density at radius 2 is 1.59 bits per heavy atom. The summed E-state index contributed by atoms with van der Waals surface area (Å²) in [5, 5.41) is 12.0. The third-order valence-corrected chi connectivity index (χ3v) is 5.24. The van der Waals surface area contributed by atoms with Gasteiger partial charge in [0.1, 0.15) is 11.9 Å². The lowest BCUT2D eigenvalue weighted by Gasteiger charge is -2.12. The van der Waals surface area contributed by atoms with Gasteiger partial charge >= 0.3 is 6.03 Å². The van der Waals surface area contributed by atoms with E-state index in [0.29, 0.717) is 18.7 Å². The van der Waals surface area contributed by atoms with E-state index >= 15 is 0 Å². The minimum Gasteiger partial charge on any atom is -0.325 e. The monoisotopic (exact) mass is 432 g/mol. The molecule has 9 heteroatoms. The summed E-state index contributed by atoms with van der Waals surface area (Å²) in [5.41, 5.74) is 2.21. The Balaban J connectivity index is 1.25. The number of carbonyl (C=O) groups excluding carboxylic acids is 3. The van der Waals surface area contributed by atoms with Gasteiger partial charge in [-0.15, -0.1) is 5.10 Å². The van der Waals surface area contributed by atoms with Crippen LogP contribution in [0.25, 0.3) is 0 Å². The highest BCUT2D eigenvalue weighted by Gasteiger charge is 2.38. The number of amides is 4. The van der Waals surface area contributed by atoms with Crippen LogP contribution in [0.4, 0.5) is 10.7 Å². The normalized spacial score (nSPS) is 15.6. The molecule has 1 aliphatic heterocycles. The smallest absolute Gasteiger partial charge is 0.324 e. The van der Waals surface area contributed by atoms with Gasteiger partial charge in [-0.3, -0.25) is 24.9 Å². The number of H-pyrrole nitrogens is 1. The zero-order valence-electron chi connectivity index (χ0n) is 17.5. The van der Waals surface area contributed by atoms with Gasteiger partial charge in [0.2, 0.25) is 11.9 Å². The van der Waals surface area contributed by atoms with Crippen LogP contribution in [0.3, 0.4) is 0 Å². The Kier molecular flexibility index (Phi) is 6.54. The molecule has 4 amide bonds. The number of carbonyl (C=O) groups is 3. The summed E-state index contributed by atoms with van der Waals surface area (Å²) >= 11 is 0. The fourth-order valence-electron chi connectivity index (χ4n) is 3.54. The number of aromatic nitrogens is 3. The van der Waals surface area contributed by atoms with E-state index in [1.165, 1.54) is 5.56 Å². The molecule has 1 fully saturated rings. The minimum absolute atomic E-state index is 0.149. The van der Waals surface area contributed by atoms with E-state index in [0.717, 1.165) is 16.9 Å². The highest BCUT2D eigenvalue weighted by Crippen LogP contribution is 2.13. The molecule has 2 aromatic carbocycles. The molecular formula is C23H24N6O3. The van der Waals surface area contributed by atoms with Crippen LogP contribution in [0.5, 0.6) is 0 Å². The third kappa shape index (κ3) is 5.37. The summed E-state index contributed by atoms with van der Waals surface area (Å²) in [7, 11) is 0.